The number of hydrogen-bond donors (Lipinski definition) is 0. The van der Waals surface area contributed by atoms with Crippen molar-refractivity contribution in [2.45, 2.75) is 40.0 Å². The molecule has 0 heterocycles. The molecule has 0 fully saturated rings. The standard InChI is InChI=1S/C12H16F3O2P.C2H6/c1-3-16-18(17-4-2)9-10-5-7-11(8-6-10)12(13,14)15;1-2/h5-8H,3-4,9H2,1-2H3;1-2H3. The molecule has 1 aromatic carbocycles. The second kappa shape index (κ2) is 10.1. The van der Waals surface area contributed by atoms with Crippen molar-refractivity contribution in [3.8, 4) is 0 Å². The number of rotatable bonds is 6. The average Bonchev–Trinajstić information content (AvgIpc) is 2.41. The van der Waals surface area contributed by atoms with Gasteiger partial charge in [0.05, 0.1) is 18.8 Å². The van der Waals surface area contributed by atoms with E-state index < -0.39 is 20.1 Å². The molecule has 0 saturated carbocycles. The lowest BCUT2D eigenvalue weighted by molar-refractivity contribution is -0.137. The van der Waals surface area contributed by atoms with Crippen LogP contribution in [0.25, 0.3) is 0 Å². The van der Waals surface area contributed by atoms with Crippen LogP contribution < -0.4 is 0 Å². The summed E-state index contributed by atoms with van der Waals surface area (Å²) in [6.07, 6.45) is -3.78. The van der Waals surface area contributed by atoms with Crippen LogP contribution in [-0.2, 0) is 21.4 Å². The first kappa shape index (κ1) is 19.4. The van der Waals surface area contributed by atoms with E-state index in [2.05, 4.69) is 0 Å². The zero-order valence-electron chi connectivity index (χ0n) is 12.3. The molecule has 0 saturated heterocycles. The van der Waals surface area contributed by atoms with Crippen molar-refractivity contribution < 1.29 is 22.2 Å². The van der Waals surface area contributed by atoms with Gasteiger partial charge in [0.2, 0.25) is 0 Å². The van der Waals surface area contributed by atoms with E-state index in [-0.39, 0.29) is 0 Å². The molecule has 0 spiro atoms. The second-order valence-corrected chi connectivity index (χ2v) is 5.02. The molecule has 0 atom stereocenters. The van der Waals surface area contributed by atoms with Gasteiger partial charge in [-0.1, -0.05) is 26.0 Å². The first-order valence-electron chi connectivity index (χ1n) is 6.66. The largest absolute Gasteiger partial charge is 0.416 e. The van der Waals surface area contributed by atoms with Gasteiger partial charge in [-0.3, -0.25) is 0 Å². The van der Waals surface area contributed by atoms with Crippen LogP contribution in [0.1, 0.15) is 38.8 Å². The SMILES string of the molecule is CC.CCOP(Cc1ccc(C(F)(F)F)cc1)OCC. The molecule has 0 radical (unpaired) electrons. The van der Waals surface area contributed by atoms with Crippen molar-refractivity contribution in [3.63, 3.8) is 0 Å². The van der Waals surface area contributed by atoms with Gasteiger partial charge in [0.1, 0.15) is 0 Å². The van der Waals surface area contributed by atoms with Crippen molar-refractivity contribution in [2.24, 2.45) is 0 Å². The molecule has 0 aliphatic carbocycles. The van der Waals surface area contributed by atoms with Crippen LogP contribution in [-0.4, -0.2) is 13.2 Å². The van der Waals surface area contributed by atoms with E-state index in [1.54, 1.807) is 0 Å². The molecule has 116 valence electrons. The third-order valence-electron chi connectivity index (χ3n) is 2.14. The Bertz CT molecular complexity index is 346. The van der Waals surface area contributed by atoms with Gasteiger partial charge in [0.15, 0.2) is 8.38 Å². The molecule has 6 heteroatoms. The van der Waals surface area contributed by atoms with E-state index in [9.17, 15) is 13.2 Å². The highest BCUT2D eigenvalue weighted by Gasteiger charge is 2.30. The number of halogens is 3. The molecule has 20 heavy (non-hydrogen) atoms. The summed E-state index contributed by atoms with van der Waals surface area (Å²) in [6.45, 7) is 8.79. The Labute approximate surface area is 120 Å². The average molecular weight is 310 g/mol. The van der Waals surface area contributed by atoms with Crippen molar-refractivity contribution in [2.75, 3.05) is 13.2 Å². The van der Waals surface area contributed by atoms with Gasteiger partial charge in [-0.25, -0.2) is 0 Å². The van der Waals surface area contributed by atoms with E-state index >= 15 is 0 Å². The summed E-state index contributed by atoms with van der Waals surface area (Å²) < 4.78 is 47.9. The van der Waals surface area contributed by atoms with Gasteiger partial charge in [-0.05, 0) is 31.5 Å². The van der Waals surface area contributed by atoms with Gasteiger partial charge >= 0.3 is 6.18 Å². The summed E-state index contributed by atoms with van der Waals surface area (Å²) in [4.78, 5) is 0. The van der Waals surface area contributed by atoms with Crippen LogP contribution >= 0.6 is 8.38 Å². The third kappa shape index (κ3) is 7.22. The highest BCUT2D eigenvalue weighted by atomic mass is 31.2. The minimum absolute atomic E-state index is 0.509. The molecule has 2 nitrogen and oxygen atoms in total. The Morgan fingerprint density at radius 3 is 1.75 bits per heavy atom. The van der Waals surface area contributed by atoms with Crippen molar-refractivity contribution in [3.05, 3.63) is 35.4 Å². The van der Waals surface area contributed by atoms with Crippen LogP contribution in [0.5, 0.6) is 0 Å². The van der Waals surface area contributed by atoms with Crippen LogP contribution in [0, 0.1) is 0 Å². The maximum Gasteiger partial charge on any atom is 0.416 e. The fourth-order valence-electron chi connectivity index (χ4n) is 1.36. The second-order valence-electron chi connectivity index (χ2n) is 3.52. The van der Waals surface area contributed by atoms with Crippen LogP contribution in [0.3, 0.4) is 0 Å². The monoisotopic (exact) mass is 310 g/mol. The molecule has 0 aliphatic rings. The molecule has 0 unspecified atom stereocenters. The lowest BCUT2D eigenvalue weighted by Gasteiger charge is -2.16. The molecule has 1 rings (SSSR count). The Kier molecular flexibility index (Phi) is 9.82. The zero-order chi connectivity index (χ0) is 15.6. The maximum absolute atomic E-state index is 12.4. The molecule has 1 aromatic rings. The summed E-state index contributed by atoms with van der Waals surface area (Å²) >= 11 is 0. The zero-order valence-corrected chi connectivity index (χ0v) is 13.2. The first-order valence-corrected chi connectivity index (χ1v) is 8.03. The van der Waals surface area contributed by atoms with Crippen molar-refractivity contribution in [1.29, 1.82) is 0 Å². The molecule has 0 aliphatic heterocycles. The van der Waals surface area contributed by atoms with E-state index in [1.807, 2.05) is 27.7 Å². The highest BCUT2D eigenvalue weighted by molar-refractivity contribution is 7.46. The highest BCUT2D eigenvalue weighted by Crippen LogP contribution is 2.42. The smallest absolute Gasteiger partial charge is 0.334 e. The summed E-state index contributed by atoms with van der Waals surface area (Å²) in [5.74, 6) is 0. The summed E-state index contributed by atoms with van der Waals surface area (Å²) in [5.41, 5.74) is 0.152. The summed E-state index contributed by atoms with van der Waals surface area (Å²) in [6, 6.07) is 5.11. The summed E-state index contributed by atoms with van der Waals surface area (Å²) in [7, 11) is -1.06. The number of hydrogen-bond acceptors (Lipinski definition) is 2. The predicted octanol–water partition coefficient (Wildman–Crippen LogP) is 5.62. The van der Waals surface area contributed by atoms with Crippen molar-refractivity contribution in [1.82, 2.24) is 0 Å². The molecule has 0 amide bonds. The van der Waals surface area contributed by atoms with E-state index in [0.717, 1.165) is 17.7 Å². The first-order chi connectivity index (χ1) is 9.47. The minimum atomic E-state index is -4.29. The number of benzene rings is 1. The van der Waals surface area contributed by atoms with Crippen LogP contribution in [0.4, 0.5) is 13.2 Å². The molecular weight excluding hydrogens is 288 g/mol. The predicted molar refractivity (Wildman–Crippen MR) is 76.7 cm³/mol. The van der Waals surface area contributed by atoms with Gasteiger partial charge in [-0.2, -0.15) is 13.2 Å². The van der Waals surface area contributed by atoms with Gasteiger partial charge in [-0.15, -0.1) is 0 Å². The Hall–Kier alpha value is -0.640. The Morgan fingerprint density at radius 1 is 0.950 bits per heavy atom. The minimum Gasteiger partial charge on any atom is -0.334 e. The quantitative estimate of drug-likeness (QED) is 0.635. The van der Waals surface area contributed by atoms with Crippen LogP contribution in [0.2, 0.25) is 0 Å². The van der Waals surface area contributed by atoms with Crippen LogP contribution in [0.15, 0.2) is 24.3 Å². The normalized spacial score (nSPS) is 11.2. The third-order valence-corrected chi connectivity index (χ3v) is 3.85. The van der Waals surface area contributed by atoms with Gasteiger partial charge < -0.3 is 9.05 Å². The lowest BCUT2D eigenvalue weighted by atomic mass is 10.1. The Morgan fingerprint density at radius 2 is 1.40 bits per heavy atom. The van der Waals surface area contributed by atoms with E-state index in [1.165, 1.54) is 12.1 Å². The maximum atomic E-state index is 12.4. The fraction of sp³-hybridized carbons (Fsp3) is 0.571. The van der Waals surface area contributed by atoms with E-state index in [4.69, 9.17) is 9.05 Å². The topological polar surface area (TPSA) is 18.5 Å². The van der Waals surface area contributed by atoms with Gasteiger partial charge in [0, 0.05) is 6.16 Å². The number of alkyl halides is 3. The fourth-order valence-corrected chi connectivity index (χ4v) is 2.71. The molecule has 0 bridgehead atoms. The lowest BCUT2D eigenvalue weighted by Crippen LogP contribution is -2.04. The molecular formula is C14H22F3O2P. The van der Waals surface area contributed by atoms with E-state index in [0.29, 0.717) is 19.4 Å². The van der Waals surface area contributed by atoms with Crippen molar-refractivity contribution >= 4 is 8.38 Å². The molecule has 0 aromatic heterocycles. The molecule has 0 N–H and O–H groups in total. The summed E-state index contributed by atoms with van der Waals surface area (Å²) in [5, 5.41) is 0. The van der Waals surface area contributed by atoms with Gasteiger partial charge in [0.25, 0.3) is 0 Å². The Balaban J connectivity index is 0.00000172.